The fraction of sp³-hybridized carbons (Fsp3) is 0.300. The van der Waals surface area contributed by atoms with Gasteiger partial charge >= 0.3 is 0 Å². The molecule has 1 atom stereocenters. The number of allylic oxidation sites excluding steroid dienone is 1. The number of hydrogen-bond donors (Lipinski definition) is 1. The summed E-state index contributed by atoms with van der Waals surface area (Å²) in [7, 11) is 1.61. The molecular weight excluding hydrogens is 305 g/mol. The van der Waals surface area contributed by atoms with Gasteiger partial charge in [0.2, 0.25) is 6.29 Å². The van der Waals surface area contributed by atoms with Crippen LogP contribution in [0.15, 0.2) is 36.4 Å². The molecule has 0 bridgehead atoms. The van der Waals surface area contributed by atoms with E-state index in [9.17, 15) is 4.39 Å². The molecule has 2 aromatic carbocycles. The Kier molecular flexibility index (Phi) is 3.22. The number of anilines is 1. The van der Waals surface area contributed by atoms with E-state index in [2.05, 4.69) is 44.3 Å². The maximum atomic E-state index is 13.6. The van der Waals surface area contributed by atoms with Gasteiger partial charge in [0.05, 0.1) is 5.54 Å². The number of hydrogen-bond acceptors (Lipinski definition) is 3. The van der Waals surface area contributed by atoms with Crippen LogP contribution in [0.4, 0.5) is 10.1 Å². The summed E-state index contributed by atoms with van der Waals surface area (Å²) in [5, 5.41) is 3.55. The normalized spacial score (nSPS) is 20.0. The van der Waals surface area contributed by atoms with Crippen LogP contribution in [0.5, 0.6) is 5.75 Å². The van der Waals surface area contributed by atoms with Gasteiger partial charge < -0.3 is 14.8 Å². The van der Waals surface area contributed by atoms with E-state index < -0.39 is 6.29 Å². The van der Waals surface area contributed by atoms with E-state index in [0.29, 0.717) is 5.75 Å². The Bertz CT molecular complexity index is 870. The summed E-state index contributed by atoms with van der Waals surface area (Å²) in [6.45, 7) is 6.39. The van der Waals surface area contributed by atoms with E-state index in [0.717, 1.165) is 27.9 Å². The van der Waals surface area contributed by atoms with Gasteiger partial charge in [-0.25, -0.2) is 4.39 Å². The first-order valence-corrected chi connectivity index (χ1v) is 8.04. The van der Waals surface area contributed by atoms with Gasteiger partial charge in [0.15, 0.2) is 0 Å². The highest BCUT2D eigenvalue weighted by Gasteiger charge is 2.33. The van der Waals surface area contributed by atoms with Gasteiger partial charge in [-0.15, -0.1) is 0 Å². The van der Waals surface area contributed by atoms with Gasteiger partial charge in [0.25, 0.3) is 0 Å². The molecule has 0 saturated carbocycles. The third-order valence-corrected chi connectivity index (χ3v) is 4.59. The summed E-state index contributed by atoms with van der Waals surface area (Å²) in [6.07, 6.45) is 1.65. The van der Waals surface area contributed by atoms with Crippen LogP contribution in [0, 0.1) is 5.82 Å². The third-order valence-electron chi connectivity index (χ3n) is 4.59. The van der Waals surface area contributed by atoms with Gasteiger partial charge in [-0.2, -0.15) is 0 Å². The zero-order valence-corrected chi connectivity index (χ0v) is 14.2. The molecule has 24 heavy (non-hydrogen) atoms. The standard InChI is InChI=1S/C20H20FNO2/c1-11-10-20(2,3)22-15-8-7-14-13-6-5-12(21)9-16(13)24-19(23-4)18(14)17(11)15/h5-10,19,22H,1-4H3. The number of rotatable bonds is 1. The highest BCUT2D eigenvalue weighted by atomic mass is 19.1. The number of nitrogens with one attached hydrogen (secondary N) is 1. The van der Waals surface area contributed by atoms with E-state index >= 15 is 0 Å². The van der Waals surface area contributed by atoms with Crippen LogP contribution in [0.3, 0.4) is 0 Å². The minimum absolute atomic E-state index is 0.107. The molecule has 124 valence electrons. The van der Waals surface area contributed by atoms with Crippen molar-refractivity contribution in [1.82, 2.24) is 0 Å². The molecule has 2 aromatic rings. The van der Waals surface area contributed by atoms with E-state index in [1.54, 1.807) is 13.2 Å². The molecule has 0 fully saturated rings. The number of fused-ring (bicyclic) bond motifs is 5. The number of ether oxygens (including phenoxy) is 2. The van der Waals surface area contributed by atoms with Gasteiger partial charge in [-0.05, 0) is 50.1 Å². The molecule has 0 aromatic heterocycles. The second kappa shape index (κ2) is 5.08. The quantitative estimate of drug-likeness (QED) is 0.788. The molecule has 4 heteroatoms. The van der Waals surface area contributed by atoms with E-state index in [-0.39, 0.29) is 11.4 Å². The Balaban J connectivity index is 2.00. The first-order chi connectivity index (χ1) is 11.4. The summed E-state index contributed by atoms with van der Waals surface area (Å²) in [4.78, 5) is 0. The largest absolute Gasteiger partial charge is 0.460 e. The minimum atomic E-state index is -0.560. The van der Waals surface area contributed by atoms with Crippen LogP contribution in [0.1, 0.15) is 38.2 Å². The van der Waals surface area contributed by atoms with Gasteiger partial charge in [-0.3, -0.25) is 0 Å². The molecule has 2 aliphatic rings. The third kappa shape index (κ3) is 2.21. The van der Waals surface area contributed by atoms with Crippen molar-refractivity contribution in [3.8, 4) is 16.9 Å². The van der Waals surface area contributed by atoms with E-state index in [4.69, 9.17) is 9.47 Å². The number of halogens is 1. The zero-order valence-electron chi connectivity index (χ0n) is 14.2. The molecule has 2 heterocycles. The van der Waals surface area contributed by atoms with Crippen molar-refractivity contribution < 1.29 is 13.9 Å². The van der Waals surface area contributed by atoms with Crippen LogP contribution < -0.4 is 10.1 Å². The average molecular weight is 325 g/mol. The van der Waals surface area contributed by atoms with Crippen LogP contribution in [-0.2, 0) is 4.74 Å². The lowest BCUT2D eigenvalue weighted by atomic mass is 9.84. The lowest BCUT2D eigenvalue weighted by Crippen LogP contribution is -2.32. The highest BCUT2D eigenvalue weighted by molar-refractivity contribution is 5.89. The maximum Gasteiger partial charge on any atom is 0.227 e. The van der Waals surface area contributed by atoms with Crippen LogP contribution in [-0.4, -0.2) is 12.6 Å². The van der Waals surface area contributed by atoms with E-state index in [1.807, 2.05) is 0 Å². The molecule has 1 N–H and O–H groups in total. The lowest BCUT2D eigenvalue weighted by molar-refractivity contribution is -0.0581. The van der Waals surface area contributed by atoms with Crippen molar-refractivity contribution in [1.29, 1.82) is 0 Å². The smallest absolute Gasteiger partial charge is 0.227 e. The maximum absolute atomic E-state index is 13.6. The van der Waals surface area contributed by atoms with Crippen molar-refractivity contribution >= 4 is 11.3 Å². The van der Waals surface area contributed by atoms with Crippen LogP contribution in [0.2, 0.25) is 0 Å². The number of benzene rings is 2. The molecule has 0 spiro atoms. The highest BCUT2D eigenvalue weighted by Crippen LogP contribution is 2.49. The predicted molar refractivity (Wildman–Crippen MR) is 93.6 cm³/mol. The van der Waals surface area contributed by atoms with Gasteiger partial charge in [-0.1, -0.05) is 12.1 Å². The number of methoxy groups -OCH3 is 1. The Morgan fingerprint density at radius 1 is 1.17 bits per heavy atom. The molecule has 4 rings (SSSR count). The van der Waals surface area contributed by atoms with Gasteiger partial charge in [0, 0.05) is 35.6 Å². The lowest BCUT2D eigenvalue weighted by Gasteiger charge is -2.36. The minimum Gasteiger partial charge on any atom is -0.460 e. The summed E-state index contributed by atoms with van der Waals surface area (Å²) in [6, 6.07) is 8.77. The van der Waals surface area contributed by atoms with Crippen LogP contribution >= 0.6 is 0 Å². The molecule has 0 amide bonds. The molecular formula is C20H20FNO2. The van der Waals surface area contributed by atoms with Crippen molar-refractivity contribution in [2.24, 2.45) is 0 Å². The van der Waals surface area contributed by atoms with Gasteiger partial charge in [0.1, 0.15) is 11.6 Å². The van der Waals surface area contributed by atoms with Crippen molar-refractivity contribution in [2.45, 2.75) is 32.6 Å². The molecule has 0 radical (unpaired) electrons. The summed E-state index contributed by atoms with van der Waals surface area (Å²) in [5.41, 5.74) is 6.15. The molecule has 3 nitrogen and oxygen atoms in total. The van der Waals surface area contributed by atoms with Crippen molar-refractivity contribution in [2.75, 3.05) is 12.4 Å². The second-order valence-corrected chi connectivity index (χ2v) is 6.95. The fourth-order valence-corrected chi connectivity index (χ4v) is 3.78. The van der Waals surface area contributed by atoms with Crippen molar-refractivity contribution in [3.05, 3.63) is 53.4 Å². The molecule has 0 saturated heterocycles. The molecule has 1 unspecified atom stereocenters. The average Bonchev–Trinajstić information content (AvgIpc) is 2.51. The monoisotopic (exact) mass is 325 g/mol. The Morgan fingerprint density at radius 3 is 2.67 bits per heavy atom. The van der Waals surface area contributed by atoms with Crippen LogP contribution in [0.25, 0.3) is 16.7 Å². The summed E-state index contributed by atoms with van der Waals surface area (Å²) >= 11 is 0. The SMILES string of the molecule is COC1Oc2cc(F)ccc2-c2ccc3c(c21)C(C)=CC(C)(C)N3. The Hall–Kier alpha value is -2.33. The Morgan fingerprint density at radius 2 is 1.92 bits per heavy atom. The molecule has 2 aliphatic heterocycles. The topological polar surface area (TPSA) is 30.5 Å². The first-order valence-electron chi connectivity index (χ1n) is 8.04. The Labute approximate surface area is 141 Å². The second-order valence-electron chi connectivity index (χ2n) is 6.95. The predicted octanol–water partition coefficient (Wildman–Crippen LogP) is 5.14. The summed E-state index contributed by atoms with van der Waals surface area (Å²) in [5.74, 6) is 0.199. The summed E-state index contributed by atoms with van der Waals surface area (Å²) < 4.78 is 25.1. The fourth-order valence-electron chi connectivity index (χ4n) is 3.78. The molecule has 0 aliphatic carbocycles. The zero-order chi connectivity index (χ0) is 17.1. The first kappa shape index (κ1) is 15.2. The van der Waals surface area contributed by atoms with Crippen molar-refractivity contribution in [3.63, 3.8) is 0 Å². The van der Waals surface area contributed by atoms with E-state index in [1.165, 1.54) is 17.7 Å².